The average molecular weight is 311 g/mol. The predicted octanol–water partition coefficient (Wildman–Crippen LogP) is 2.77. The third-order valence-electron chi connectivity index (χ3n) is 3.92. The highest BCUT2D eigenvalue weighted by molar-refractivity contribution is 5.49. The lowest BCUT2D eigenvalue weighted by Crippen LogP contribution is -2.23. The standard InChI is InChI=1S/C17H14FN3O2/c18-12-5-3-4-11-13(7-9-23-17(11)12)19-14-10-16(22)21-8-2-1-6-15(21)20-14/h1-6,8,10,13,19H,7,9H2/t13-/m0/s1. The van der Waals surface area contributed by atoms with Crippen molar-refractivity contribution in [3.63, 3.8) is 0 Å². The number of rotatable bonds is 2. The second-order valence-electron chi connectivity index (χ2n) is 5.40. The van der Waals surface area contributed by atoms with E-state index in [-0.39, 0.29) is 23.2 Å². The highest BCUT2D eigenvalue weighted by Crippen LogP contribution is 2.35. The van der Waals surface area contributed by atoms with E-state index in [1.165, 1.54) is 16.5 Å². The molecule has 0 aliphatic carbocycles. The van der Waals surface area contributed by atoms with Crippen LogP contribution in [-0.4, -0.2) is 16.0 Å². The van der Waals surface area contributed by atoms with Crippen molar-refractivity contribution in [2.75, 3.05) is 11.9 Å². The van der Waals surface area contributed by atoms with Crippen molar-refractivity contribution < 1.29 is 9.13 Å². The van der Waals surface area contributed by atoms with E-state index in [2.05, 4.69) is 10.3 Å². The van der Waals surface area contributed by atoms with E-state index in [1.807, 2.05) is 12.1 Å². The molecule has 0 spiro atoms. The highest BCUT2D eigenvalue weighted by Gasteiger charge is 2.24. The van der Waals surface area contributed by atoms with Gasteiger partial charge in [-0.05, 0) is 18.2 Å². The zero-order valence-corrected chi connectivity index (χ0v) is 12.2. The Labute approximate surface area is 131 Å². The van der Waals surface area contributed by atoms with Crippen LogP contribution < -0.4 is 15.6 Å². The molecule has 0 unspecified atom stereocenters. The Morgan fingerprint density at radius 1 is 1.26 bits per heavy atom. The normalized spacial score (nSPS) is 16.7. The van der Waals surface area contributed by atoms with Crippen LogP contribution in [0.3, 0.4) is 0 Å². The van der Waals surface area contributed by atoms with Crippen LogP contribution in [0.5, 0.6) is 5.75 Å². The smallest absolute Gasteiger partial charge is 0.259 e. The highest BCUT2D eigenvalue weighted by atomic mass is 19.1. The van der Waals surface area contributed by atoms with Gasteiger partial charge in [-0.3, -0.25) is 9.20 Å². The van der Waals surface area contributed by atoms with Gasteiger partial charge in [0.1, 0.15) is 11.5 Å². The van der Waals surface area contributed by atoms with Gasteiger partial charge in [0.25, 0.3) is 5.56 Å². The number of hydrogen-bond donors (Lipinski definition) is 1. The third-order valence-corrected chi connectivity index (χ3v) is 3.92. The van der Waals surface area contributed by atoms with Crippen LogP contribution in [0.25, 0.3) is 5.65 Å². The minimum Gasteiger partial charge on any atom is -0.490 e. The summed E-state index contributed by atoms with van der Waals surface area (Å²) in [5.74, 6) is 0.373. The summed E-state index contributed by atoms with van der Waals surface area (Å²) in [5.41, 5.74) is 1.14. The molecule has 0 saturated carbocycles. The van der Waals surface area contributed by atoms with Crippen molar-refractivity contribution in [1.82, 2.24) is 9.38 Å². The lowest BCUT2D eigenvalue weighted by Gasteiger charge is -2.27. The maximum atomic E-state index is 13.8. The Bertz CT molecular complexity index is 939. The van der Waals surface area contributed by atoms with Gasteiger partial charge >= 0.3 is 0 Å². The molecule has 0 bridgehead atoms. The fourth-order valence-corrected chi connectivity index (χ4v) is 2.84. The van der Waals surface area contributed by atoms with Crippen molar-refractivity contribution in [1.29, 1.82) is 0 Å². The molecule has 0 radical (unpaired) electrons. The van der Waals surface area contributed by atoms with Gasteiger partial charge in [-0.2, -0.15) is 0 Å². The molecule has 1 N–H and O–H groups in total. The molecule has 0 fully saturated rings. The van der Waals surface area contributed by atoms with Gasteiger partial charge in [0.15, 0.2) is 11.6 Å². The number of anilines is 1. The summed E-state index contributed by atoms with van der Waals surface area (Å²) < 4.78 is 20.7. The first-order chi connectivity index (χ1) is 11.2. The zero-order valence-electron chi connectivity index (χ0n) is 12.2. The molecule has 23 heavy (non-hydrogen) atoms. The van der Waals surface area contributed by atoms with Gasteiger partial charge in [0.2, 0.25) is 0 Å². The molecule has 6 heteroatoms. The molecule has 1 aromatic carbocycles. The largest absolute Gasteiger partial charge is 0.490 e. The number of nitrogens with one attached hydrogen (secondary N) is 1. The molecule has 2 aromatic heterocycles. The van der Waals surface area contributed by atoms with Crippen LogP contribution in [-0.2, 0) is 0 Å². The SMILES string of the molecule is O=c1cc(N[C@H]2CCOc3c(F)cccc32)nc2ccccn12. The molecule has 0 amide bonds. The van der Waals surface area contributed by atoms with Gasteiger partial charge in [-0.15, -0.1) is 0 Å². The lowest BCUT2D eigenvalue weighted by atomic mass is 10.0. The lowest BCUT2D eigenvalue weighted by molar-refractivity contribution is 0.260. The monoisotopic (exact) mass is 311 g/mol. The predicted molar refractivity (Wildman–Crippen MR) is 84.3 cm³/mol. The maximum Gasteiger partial charge on any atom is 0.259 e. The first-order valence-corrected chi connectivity index (χ1v) is 7.38. The molecule has 1 aliphatic heterocycles. The van der Waals surface area contributed by atoms with Gasteiger partial charge in [-0.25, -0.2) is 9.37 Å². The first kappa shape index (κ1) is 13.8. The van der Waals surface area contributed by atoms with E-state index in [0.29, 0.717) is 24.5 Å². The summed E-state index contributed by atoms with van der Waals surface area (Å²) >= 11 is 0. The summed E-state index contributed by atoms with van der Waals surface area (Å²) in [6.07, 6.45) is 2.35. The Morgan fingerprint density at radius 2 is 2.17 bits per heavy atom. The molecule has 1 aliphatic rings. The van der Waals surface area contributed by atoms with Crippen molar-refractivity contribution in [3.8, 4) is 5.75 Å². The molecule has 3 heterocycles. The fraction of sp³-hybridized carbons (Fsp3) is 0.176. The first-order valence-electron chi connectivity index (χ1n) is 7.38. The number of hydrogen-bond acceptors (Lipinski definition) is 4. The number of pyridine rings is 1. The van der Waals surface area contributed by atoms with Gasteiger partial charge in [0, 0.05) is 24.2 Å². The molecule has 116 valence electrons. The van der Waals surface area contributed by atoms with Crippen molar-refractivity contribution in [2.24, 2.45) is 0 Å². The summed E-state index contributed by atoms with van der Waals surface area (Å²) in [6, 6.07) is 11.5. The number of para-hydroxylation sites is 1. The summed E-state index contributed by atoms with van der Waals surface area (Å²) in [4.78, 5) is 16.6. The number of nitrogens with zero attached hydrogens (tertiary/aromatic N) is 2. The minimum absolute atomic E-state index is 0.146. The number of ether oxygens (including phenoxy) is 1. The topological polar surface area (TPSA) is 55.6 Å². The Morgan fingerprint density at radius 3 is 3.09 bits per heavy atom. The van der Waals surface area contributed by atoms with E-state index in [9.17, 15) is 9.18 Å². The third kappa shape index (κ3) is 2.42. The molecule has 1 atom stereocenters. The van der Waals surface area contributed by atoms with Crippen molar-refractivity contribution >= 4 is 11.5 Å². The van der Waals surface area contributed by atoms with E-state index in [4.69, 9.17) is 4.74 Å². The quantitative estimate of drug-likeness (QED) is 0.790. The van der Waals surface area contributed by atoms with Gasteiger partial charge in [-0.1, -0.05) is 18.2 Å². The summed E-state index contributed by atoms with van der Waals surface area (Å²) in [7, 11) is 0. The van der Waals surface area contributed by atoms with Crippen LogP contribution in [0.4, 0.5) is 10.2 Å². The fourth-order valence-electron chi connectivity index (χ4n) is 2.84. The minimum atomic E-state index is -0.374. The summed E-state index contributed by atoms with van der Waals surface area (Å²) in [6.45, 7) is 0.415. The van der Waals surface area contributed by atoms with Crippen LogP contribution in [0, 0.1) is 5.82 Å². The molecule has 4 rings (SSSR count). The van der Waals surface area contributed by atoms with Gasteiger partial charge in [0.05, 0.1) is 12.6 Å². The Balaban J connectivity index is 1.72. The van der Waals surface area contributed by atoms with Crippen LogP contribution in [0.2, 0.25) is 0 Å². The Kier molecular flexibility index (Phi) is 3.22. The number of benzene rings is 1. The molecule has 3 aromatic rings. The number of fused-ring (bicyclic) bond motifs is 2. The maximum absolute atomic E-state index is 13.8. The molecular formula is C17H14FN3O2. The average Bonchev–Trinajstić information content (AvgIpc) is 2.56. The molecule has 0 saturated heterocycles. The second-order valence-corrected chi connectivity index (χ2v) is 5.40. The van der Waals surface area contributed by atoms with E-state index >= 15 is 0 Å². The molecule has 5 nitrogen and oxygen atoms in total. The van der Waals surface area contributed by atoms with E-state index in [1.54, 1.807) is 24.4 Å². The molecular weight excluding hydrogens is 297 g/mol. The number of halogens is 1. The van der Waals surface area contributed by atoms with Crippen molar-refractivity contribution in [3.05, 3.63) is 70.4 Å². The Hall–Kier alpha value is -2.89. The number of aromatic nitrogens is 2. The summed E-state index contributed by atoms with van der Waals surface area (Å²) in [5, 5.41) is 3.23. The van der Waals surface area contributed by atoms with E-state index in [0.717, 1.165) is 5.56 Å². The van der Waals surface area contributed by atoms with Crippen LogP contribution in [0.1, 0.15) is 18.0 Å². The van der Waals surface area contributed by atoms with Crippen LogP contribution >= 0.6 is 0 Å². The van der Waals surface area contributed by atoms with Crippen molar-refractivity contribution in [2.45, 2.75) is 12.5 Å². The van der Waals surface area contributed by atoms with Gasteiger partial charge < -0.3 is 10.1 Å². The second kappa shape index (κ2) is 5.39. The zero-order chi connectivity index (χ0) is 15.8. The van der Waals surface area contributed by atoms with E-state index < -0.39 is 0 Å². The van der Waals surface area contributed by atoms with Crippen LogP contribution in [0.15, 0.2) is 53.5 Å².